The van der Waals surface area contributed by atoms with E-state index in [2.05, 4.69) is 15.0 Å². The number of benzene rings is 2. The van der Waals surface area contributed by atoms with Crippen molar-refractivity contribution in [3.8, 4) is 23.5 Å². The maximum absolute atomic E-state index is 9.28. The SMILES string of the molecule is OCCN(CCO)c1nc(Oc2ccccc2)nc(Oc2ccccc2)n1. The van der Waals surface area contributed by atoms with Crippen LogP contribution in [0.3, 0.4) is 0 Å². The van der Waals surface area contributed by atoms with E-state index in [1.807, 2.05) is 36.4 Å². The molecule has 8 nitrogen and oxygen atoms in total. The summed E-state index contributed by atoms with van der Waals surface area (Å²) in [6, 6.07) is 18.3. The third kappa shape index (κ3) is 5.37. The summed E-state index contributed by atoms with van der Waals surface area (Å²) in [7, 11) is 0. The summed E-state index contributed by atoms with van der Waals surface area (Å²) in [4.78, 5) is 14.4. The lowest BCUT2D eigenvalue weighted by Gasteiger charge is -2.21. The minimum absolute atomic E-state index is 0.0537. The Bertz CT molecular complexity index is 768. The van der Waals surface area contributed by atoms with E-state index in [0.29, 0.717) is 11.5 Å². The van der Waals surface area contributed by atoms with Gasteiger partial charge in [0.15, 0.2) is 0 Å². The fourth-order valence-electron chi connectivity index (χ4n) is 2.30. The van der Waals surface area contributed by atoms with Crippen LogP contribution in [0.5, 0.6) is 23.5 Å². The van der Waals surface area contributed by atoms with Crippen LogP contribution in [0.25, 0.3) is 0 Å². The van der Waals surface area contributed by atoms with Gasteiger partial charge in [0.1, 0.15) is 11.5 Å². The van der Waals surface area contributed by atoms with Gasteiger partial charge in [-0.15, -0.1) is 4.98 Å². The van der Waals surface area contributed by atoms with Crippen LogP contribution in [-0.4, -0.2) is 51.5 Å². The number of hydrogen-bond acceptors (Lipinski definition) is 8. The molecule has 0 aliphatic heterocycles. The number of aromatic nitrogens is 3. The van der Waals surface area contributed by atoms with Crippen LogP contribution in [-0.2, 0) is 0 Å². The van der Waals surface area contributed by atoms with Crippen molar-refractivity contribution >= 4 is 5.95 Å². The van der Waals surface area contributed by atoms with E-state index in [9.17, 15) is 10.2 Å². The summed E-state index contributed by atoms with van der Waals surface area (Å²) < 4.78 is 11.4. The number of nitrogens with zero attached hydrogens (tertiary/aromatic N) is 4. The number of rotatable bonds is 9. The zero-order valence-corrected chi connectivity index (χ0v) is 14.6. The average molecular weight is 368 g/mol. The Morgan fingerprint density at radius 2 is 1.11 bits per heavy atom. The third-order valence-corrected chi connectivity index (χ3v) is 3.51. The van der Waals surface area contributed by atoms with Gasteiger partial charge >= 0.3 is 12.0 Å². The molecule has 3 rings (SSSR count). The van der Waals surface area contributed by atoms with Gasteiger partial charge in [-0.25, -0.2) is 0 Å². The normalized spacial score (nSPS) is 10.4. The molecule has 0 spiro atoms. The fraction of sp³-hybridized carbons (Fsp3) is 0.211. The zero-order valence-electron chi connectivity index (χ0n) is 14.6. The molecule has 1 heterocycles. The first-order chi connectivity index (χ1) is 13.3. The van der Waals surface area contributed by atoms with Crippen molar-refractivity contribution in [2.45, 2.75) is 0 Å². The predicted octanol–water partition coefficient (Wildman–Crippen LogP) is 2.25. The van der Waals surface area contributed by atoms with E-state index in [4.69, 9.17) is 9.47 Å². The van der Waals surface area contributed by atoms with Crippen LogP contribution < -0.4 is 14.4 Å². The van der Waals surface area contributed by atoms with E-state index in [1.54, 1.807) is 29.2 Å². The van der Waals surface area contributed by atoms with E-state index in [0.717, 1.165) is 0 Å². The molecular formula is C19H20N4O4. The third-order valence-electron chi connectivity index (χ3n) is 3.51. The van der Waals surface area contributed by atoms with Crippen LogP contribution in [0.15, 0.2) is 60.7 Å². The van der Waals surface area contributed by atoms with Crippen molar-refractivity contribution < 1.29 is 19.7 Å². The summed E-state index contributed by atoms with van der Waals surface area (Å²) >= 11 is 0. The first-order valence-corrected chi connectivity index (χ1v) is 8.47. The summed E-state index contributed by atoms with van der Waals surface area (Å²) in [5.41, 5.74) is 0. The number of para-hydroxylation sites is 2. The molecule has 0 saturated carbocycles. The van der Waals surface area contributed by atoms with Crippen molar-refractivity contribution in [1.82, 2.24) is 15.0 Å². The predicted molar refractivity (Wildman–Crippen MR) is 99.2 cm³/mol. The van der Waals surface area contributed by atoms with E-state index < -0.39 is 0 Å². The van der Waals surface area contributed by atoms with Gasteiger partial charge in [0.25, 0.3) is 0 Å². The Balaban J connectivity index is 1.93. The van der Waals surface area contributed by atoms with Crippen LogP contribution in [0, 0.1) is 0 Å². The molecule has 1 aromatic heterocycles. The second kappa shape index (κ2) is 9.46. The van der Waals surface area contributed by atoms with Gasteiger partial charge < -0.3 is 24.6 Å². The number of aliphatic hydroxyl groups is 2. The van der Waals surface area contributed by atoms with Crippen molar-refractivity contribution in [2.75, 3.05) is 31.2 Å². The lowest BCUT2D eigenvalue weighted by Crippen LogP contribution is -2.31. The monoisotopic (exact) mass is 368 g/mol. The molecular weight excluding hydrogens is 348 g/mol. The van der Waals surface area contributed by atoms with Gasteiger partial charge in [0.05, 0.1) is 13.2 Å². The lowest BCUT2D eigenvalue weighted by atomic mass is 10.3. The molecule has 0 amide bonds. The van der Waals surface area contributed by atoms with E-state index in [-0.39, 0.29) is 44.3 Å². The molecule has 0 aliphatic carbocycles. The Kier molecular flexibility index (Phi) is 6.50. The van der Waals surface area contributed by atoms with Crippen molar-refractivity contribution in [1.29, 1.82) is 0 Å². The van der Waals surface area contributed by atoms with Gasteiger partial charge in [0, 0.05) is 13.1 Å². The molecule has 0 saturated heterocycles. The molecule has 3 aromatic rings. The molecule has 2 aromatic carbocycles. The molecule has 27 heavy (non-hydrogen) atoms. The number of aliphatic hydroxyl groups excluding tert-OH is 2. The van der Waals surface area contributed by atoms with Crippen LogP contribution >= 0.6 is 0 Å². The van der Waals surface area contributed by atoms with E-state index in [1.165, 1.54) is 0 Å². The lowest BCUT2D eigenvalue weighted by molar-refractivity contribution is 0.279. The molecule has 0 atom stereocenters. The molecule has 0 fully saturated rings. The summed E-state index contributed by atoms with van der Waals surface area (Å²) in [5, 5.41) is 18.6. The first-order valence-electron chi connectivity index (χ1n) is 8.47. The highest BCUT2D eigenvalue weighted by molar-refractivity contribution is 5.35. The second-order valence-corrected chi connectivity index (χ2v) is 5.47. The Morgan fingerprint density at radius 1 is 0.667 bits per heavy atom. The van der Waals surface area contributed by atoms with Gasteiger partial charge in [-0.2, -0.15) is 9.97 Å². The molecule has 0 bridgehead atoms. The Labute approximate surface area is 156 Å². The van der Waals surface area contributed by atoms with Gasteiger partial charge in [0.2, 0.25) is 5.95 Å². The van der Waals surface area contributed by atoms with E-state index >= 15 is 0 Å². The van der Waals surface area contributed by atoms with Gasteiger partial charge in [-0.05, 0) is 24.3 Å². The fourth-order valence-corrected chi connectivity index (χ4v) is 2.30. The van der Waals surface area contributed by atoms with Gasteiger partial charge in [-0.3, -0.25) is 0 Å². The largest absolute Gasteiger partial charge is 0.424 e. The first kappa shape index (κ1) is 18.6. The maximum Gasteiger partial charge on any atom is 0.330 e. The molecule has 2 N–H and O–H groups in total. The maximum atomic E-state index is 9.28. The average Bonchev–Trinajstić information content (AvgIpc) is 2.69. The Hall–Kier alpha value is -3.23. The van der Waals surface area contributed by atoms with Crippen LogP contribution in [0.2, 0.25) is 0 Å². The minimum Gasteiger partial charge on any atom is -0.424 e. The zero-order chi connectivity index (χ0) is 18.9. The standard InChI is InChI=1S/C19H20N4O4/c24-13-11-23(12-14-25)17-20-18(26-15-7-3-1-4-8-15)22-19(21-17)27-16-9-5-2-6-10-16/h1-10,24-25H,11-14H2. The molecule has 0 unspecified atom stereocenters. The summed E-state index contributed by atoms with van der Waals surface area (Å²) in [6.07, 6.45) is 0. The number of anilines is 1. The topological polar surface area (TPSA) is 101 Å². The van der Waals surface area contributed by atoms with Crippen molar-refractivity contribution in [3.63, 3.8) is 0 Å². The van der Waals surface area contributed by atoms with Crippen molar-refractivity contribution in [3.05, 3.63) is 60.7 Å². The molecule has 0 radical (unpaired) electrons. The minimum atomic E-state index is -0.116. The van der Waals surface area contributed by atoms with Crippen LogP contribution in [0.4, 0.5) is 5.95 Å². The smallest absolute Gasteiger partial charge is 0.330 e. The highest BCUT2D eigenvalue weighted by Crippen LogP contribution is 2.24. The summed E-state index contributed by atoms with van der Waals surface area (Å²) in [5.74, 6) is 1.37. The number of ether oxygens (including phenoxy) is 2. The number of hydrogen-bond donors (Lipinski definition) is 2. The molecule has 8 heteroatoms. The molecule has 0 aliphatic rings. The summed E-state index contributed by atoms with van der Waals surface area (Å²) in [6.45, 7) is 0.269. The quantitative estimate of drug-likeness (QED) is 0.593. The van der Waals surface area contributed by atoms with Crippen molar-refractivity contribution in [2.24, 2.45) is 0 Å². The van der Waals surface area contributed by atoms with Crippen LogP contribution in [0.1, 0.15) is 0 Å². The second-order valence-electron chi connectivity index (χ2n) is 5.47. The molecule has 140 valence electrons. The Morgan fingerprint density at radius 3 is 1.52 bits per heavy atom. The van der Waals surface area contributed by atoms with Gasteiger partial charge in [-0.1, -0.05) is 36.4 Å². The highest BCUT2D eigenvalue weighted by Gasteiger charge is 2.16. The highest BCUT2D eigenvalue weighted by atomic mass is 16.5.